The van der Waals surface area contributed by atoms with Crippen LogP contribution in [0, 0.1) is 41.4 Å². The summed E-state index contributed by atoms with van der Waals surface area (Å²) in [5, 5.41) is 30.7. The molecule has 11 nitrogen and oxygen atoms in total. The lowest BCUT2D eigenvalue weighted by Gasteiger charge is -2.50. The van der Waals surface area contributed by atoms with Crippen molar-refractivity contribution in [2.24, 2.45) is 41.4 Å². The number of aliphatic carboxylic acids is 1. The fourth-order valence-corrected chi connectivity index (χ4v) is 11.3. The fourth-order valence-electron chi connectivity index (χ4n) is 11.3. The summed E-state index contributed by atoms with van der Waals surface area (Å²) in [5.74, 6) is -3.26. The first-order valence-corrected chi connectivity index (χ1v) is 20.0. The van der Waals surface area contributed by atoms with Gasteiger partial charge in [0.2, 0.25) is 0 Å². The van der Waals surface area contributed by atoms with Crippen LogP contribution in [0.1, 0.15) is 120 Å². The number of hydrogen-bond donors (Lipinski definition) is 3. The molecule has 6 aliphatic heterocycles. The van der Waals surface area contributed by atoms with Crippen LogP contribution in [0.15, 0.2) is 0 Å². The van der Waals surface area contributed by atoms with E-state index in [0.717, 1.165) is 51.4 Å². The van der Waals surface area contributed by atoms with Crippen molar-refractivity contribution in [3.63, 3.8) is 0 Å². The molecule has 6 fully saturated rings. The molecular weight excluding hydrogens is 656 g/mol. The number of carboxylic acid groups (broad SMARTS) is 1. The number of rotatable bonds is 9. The van der Waals surface area contributed by atoms with E-state index in [0.29, 0.717) is 6.42 Å². The summed E-state index contributed by atoms with van der Waals surface area (Å²) in [6, 6.07) is 0. The van der Waals surface area contributed by atoms with Gasteiger partial charge >= 0.3 is 5.97 Å². The first-order chi connectivity index (χ1) is 23.9. The molecule has 0 aliphatic carbocycles. The van der Waals surface area contributed by atoms with Gasteiger partial charge in [-0.3, -0.25) is 4.79 Å². The maximum atomic E-state index is 11.8. The van der Waals surface area contributed by atoms with Gasteiger partial charge in [0.25, 0.3) is 0 Å². The van der Waals surface area contributed by atoms with Crippen molar-refractivity contribution in [2.75, 3.05) is 13.7 Å². The van der Waals surface area contributed by atoms with E-state index in [1.54, 1.807) is 14.0 Å². The summed E-state index contributed by atoms with van der Waals surface area (Å²) in [4.78, 5) is 11.8. The third-order valence-electron chi connectivity index (χ3n) is 14.4. The Balaban J connectivity index is 1.13. The van der Waals surface area contributed by atoms with Gasteiger partial charge in [-0.15, -0.1) is 0 Å². The Morgan fingerprint density at radius 2 is 1.59 bits per heavy atom. The minimum absolute atomic E-state index is 0.00727. The molecule has 0 amide bonds. The van der Waals surface area contributed by atoms with E-state index >= 15 is 0 Å². The van der Waals surface area contributed by atoms with Gasteiger partial charge in [0.15, 0.2) is 11.6 Å². The van der Waals surface area contributed by atoms with Crippen molar-refractivity contribution >= 4 is 5.97 Å². The standard InChI is InChI=1S/C40H68O11/c1-21-11-12-28(46-33(21)26(6)36(42)43)17-29-18-30(45-10)27(7)40(48-29)25(5)19-38(9,51-40)32-13-14-37(8,49-32)35-23(3)16-31(47-35)34-22(2)15-24(4)39(44,20-41)50-34/h21-35,41,44H,11-20H2,1-10H3,(H,42,43)/t21-,22+,23+,24-,25+,26+,27+,28-,29-,30+,31-,32-,33+,34-,35+,37+,38-,39+,40+/m0/s1. The van der Waals surface area contributed by atoms with Crippen LogP contribution in [-0.2, 0) is 38.0 Å². The normalized spacial score (nSPS) is 54.2. The highest BCUT2D eigenvalue weighted by atomic mass is 16.7. The van der Waals surface area contributed by atoms with Crippen LogP contribution in [-0.4, -0.2) is 107 Å². The molecule has 51 heavy (non-hydrogen) atoms. The average molecular weight is 725 g/mol. The zero-order valence-electron chi connectivity index (χ0n) is 32.8. The highest BCUT2D eigenvalue weighted by Crippen LogP contribution is 2.57. The Labute approximate surface area is 305 Å². The maximum absolute atomic E-state index is 11.8. The average Bonchev–Trinajstić information content (AvgIpc) is 3.75. The third-order valence-corrected chi connectivity index (χ3v) is 14.4. The lowest BCUT2D eigenvalue weighted by Crippen LogP contribution is -2.58. The molecule has 6 saturated heterocycles. The number of aliphatic hydroxyl groups excluding tert-OH is 1. The number of methoxy groups -OCH3 is 1. The van der Waals surface area contributed by atoms with E-state index in [1.807, 2.05) is 6.92 Å². The second-order valence-corrected chi connectivity index (χ2v) is 18.4. The second-order valence-electron chi connectivity index (χ2n) is 18.4. The fraction of sp³-hybridized carbons (Fsp3) is 0.975. The van der Waals surface area contributed by atoms with Gasteiger partial charge in [-0.1, -0.05) is 41.5 Å². The smallest absolute Gasteiger partial charge is 0.308 e. The van der Waals surface area contributed by atoms with Crippen LogP contribution in [0.3, 0.4) is 0 Å². The maximum Gasteiger partial charge on any atom is 0.308 e. The molecule has 1 spiro atoms. The molecule has 0 saturated carbocycles. The molecule has 6 rings (SSSR count). The number of aliphatic hydroxyl groups is 2. The topological polar surface area (TPSA) is 142 Å². The molecule has 0 aromatic carbocycles. The molecule has 0 radical (unpaired) electrons. The zero-order chi connectivity index (χ0) is 37.3. The number of ether oxygens (including phenoxy) is 7. The largest absolute Gasteiger partial charge is 0.481 e. The van der Waals surface area contributed by atoms with E-state index < -0.39 is 41.3 Å². The highest BCUT2D eigenvalue weighted by molar-refractivity contribution is 5.70. The van der Waals surface area contributed by atoms with Crippen molar-refractivity contribution < 1.29 is 53.3 Å². The van der Waals surface area contributed by atoms with Crippen LogP contribution in [0.5, 0.6) is 0 Å². The second kappa shape index (κ2) is 14.6. The molecular formula is C40H68O11. The van der Waals surface area contributed by atoms with Crippen LogP contribution < -0.4 is 0 Å². The number of carbonyl (C=O) groups is 1. The molecule has 0 aromatic rings. The number of hydrogen-bond acceptors (Lipinski definition) is 10. The Bertz CT molecular complexity index is 1230. The molecule has 6 aliphatic rings. The first-order valence-electron chi connectivity index (χ1n) is 20.0. The van der Waals surface area contributed by atoms with Gasteiger partial charge in [0.05, 0.1) is 72.6 Å². The molecule has 19 atom stereocenters. The molecule has 6 heterocycles. The van der Waals surface area contributed by atoms with E-state index in [4.69, 9.17) is 33.2 Å². The number of carboxylic acids is 1. The predicted octanol–water partition coefficient (Wildman–Crippen LogP) is 5.71. The molecule has 0 unspecified atom stereocenters. The molecule has 11 heteroatoms. The van der Waals surface area contributed by atoms with Gasteiger partial charge in [-0.05, 0) is 83.5 Å². The lowest BCUT2D eigenvalue weighted by atomic mass is 9.78. The van der Waals surface area contributed by atoms with Gasteiger partial charge < -0.3 is 48.5 Å². The summed E-state index contributed by atoms with van der Waals surface area (Å²) in [7, 11) is 1.77. The van der Waals surface area contributed by atoms with Gasteiger partial charge in [-0.2, -0.15) is 0 Å². The molecule has 3 N–H and O–H groups in total. The van der Waals surface area contributed by atoms with Crippen LogP contribution in [0.25, 0.3) is 0 Å². The van der Waals surface area contributed by atoms with Crippen LogP contribution in [0.2, 0.25) is 0 Å². The summed E-state index contributed by atoms with van der Waals surface area (Å²) in [5.41, 5.74) is -1.10. The van der Waals surface area contributed by atoms with Crippen LogP contribution >= 0.6 is 0 Å². The van der Waals surface area contributed by atoms with E-state index in [1.165, 1.54) is 0 Å². The monoisotopic (exact) mass is 724 g/mol. The summed E-state index contributed by atoms with van der Waals surface area (Å²) >= 11 is 0. The Hall–Kier alpha value is -0.890. The van der Waals surface area contributed by atoms with Gasteiger partial charge in [0, 0.05) is 37.7 Å². The minimum atomic E-state index is -1.55. The summed E-state index contributed by atoms with van der Waals surface area (Å²) < 4.78 is 47.0. The zero-order valence-corrected chi connectivity index (χ0v) is 32.8. The van der Waals surface area contributed by atoms with Crippen LogP contribution in [0.4, 0.5) is 0 Å². The highest BCUT2D eigenvalue weighted by Gasteiger charge is 2.65. The van der Waals surface area contributed by atoms with E-state index in [2.05, 4.69) is 48.5 Å². The van der Waals surface area contributed by atoms with Gasteiger partial charge in [-0.25, -0.2) is 0 Å². The quantitative estimate of drug-likeness (QED) is 0.269. The Morgan fingerprint density at radius 3 is 2.25 bits per heavy atom. The third kappa shape index (κ3) is 7.19. The summed E-state index contributed by atoms with van der Waals surface area (Å²) in [6.45, 7) is 18.4. The lowest BCUT2D eigenvalue weighted by molar-refractivity contribution is -0.353. The minimum Gasteiger partial charge on any atom is -0.481 e. The van der Waals surface area contributed by atoms with Crippen molar-refractivity contribution in [1.82, 2.24) is 0 Å². The Morgan fingerprint density at radius 1 is 0.863 bits per heavy atom. The van der Waals surface area contributed by atoms with Gasteiger partial charge in [0.1, 0.15) is 0 Å². The molecule has 0 bridgehead atoms. The van der Waals surface area contributed by atoms with E-state index in [9.17, 15) is 20.1 Å². The molecule has 294 valence electrons. The SMILES string of the molecule is CO[C@@H]1C[C@H](C[C@@H]2CC[C@H](C)[C@H]([C@@H](C)C(=O)O)O2)O[C@]2(O[C@](C)([C@@H]3CC[C@](C)([C@@H]4O[C@H]([C@H]5O[C@](O)(CO)[C@@H](C)C[C@H]5C)C[C@H]4C)O3)C[C@H]2C)[C@@H]1C. The van der Waals surface area contributed by atoms with Crippen molar-refractivity contribution in [3.8, 4) is 0 Å². The first kappa shape index (κ1) is 39.8. The summed E-state index contributed by atoms with van der Waals surface area (Å²) in [6.07, 6.45) is 5.85. The van der Waals surface area contributed by atoms with Crippen molar-refractivity contribution in [1.29, 1.82) is 0 Å². The molecule has 0 aromatic heterocycles. The van der Waals surface area contributed by atoms with Crippen molar-refractivity contribution in [3.05, 3.63) is 0 Å². The van der Waals surface area contributed by atoms with Crippen molar-refractivity contribution in [2.45, 2.75) is 192 Å². The predicted molar refractivity (Wildman–Crippen MR) is 189 cm³/mol. The van der Waals surface area contributed by atoms with E-state index in [-0.39, 0.29) is 84.3 Å². The Kier molecular flexibility index (Phi) is 11.4.